The molecule has 1 rings (SSSR count). The van der Waals surface area contributed by atoms with Crippen molar-refractivity contribution in [2.45, 2.75) is 6.92 Å². The summed E-state index contributed by atoms with van der Waals surface area (Å²) in [6.07, 6.45) is 4.26. The Kier molecular flexibility index (Phi) is 5.74. The lowest BCUT2D eigenvalue weighted by Crippen LogP contribution is -2.18. The van der Waals surface area contributed by atoms with Crippen LogP contribution in [0.25, 0.3) is 6.08 Å². The Hall–Kier alpha value is -1.12. The van der Waals surface area contributed by atoms with Crippen molar-refractivity contribution in [3.8, 4) is 0 Å². The maximum atomic E-state index is 4.94. The highest BCUT2D eigenvalue weighted by Crippen LogP contribution is 2.05. The van der Waals surface area contributed by atoms with Crippen LogP contribution in [0.15, 0.2) is 30.3 Å². The van der Waals surface area contributed by atoms with Crippen LogP contribution in [0.5, 0.6) is 0 Å². The van der Waals surface area contributed by atoms with Crippen LogP contribution in [0.4, 0.5) is 0 Å². The number of nitrogens with one attached hydrogen (secondary N) is 1. The van der Waals surface area contributed by atoms with Crippen LogP contribution in [0.3, 0.4) is 0 Å². The number of ether oxygens (including phenoxy) is 1. The van der Waals surface area contributed by atoms with E-state index < -0.39 is 0 Å². The van der Waals surface area contributed by atoms with E-state index in [-0.39, 0.29) is 0 Å². The number of rotatable bonds is 6. The van der Waals surface area contributed by atoms with Crippen LogP contribution in [0, 0.1) is 6.92 Å². The molecule has 2 heteroatoms. The molecule has 1 aromatic carbocycles. The lowest BCUT2D eigenvalue weighted by Gasteiger charge is -1.99. The van der Waals surface area contributed by atoms with Gasteiger partial charge in [-0.25, -0.2) is 0 Å². The molecular weight excluding hydrogens is 186 g/mol. The number of hydrogen-bond acceptors (Lipinski definition) is 2. The molecule has 2 nitrogen and oxygen atoms in total. The Morgan fingerprint density at radius 3 is 3.00 bits per heavy atom. The summed E-state index contributed by atoms with van der Waals surface area (Å²) in [7, 11) is 1.71. The molecule has 0 saturated carbocycles. The molecule has 0 radical (unpaired) electrons. The van der Waals surface area contributed by atoms with Crippen LogP contribution >= 0.6 is 0 Å². The molecule has 0 atom stereocenters. The van der Waals surface area contributed by atoms with Crippen molar-refractivity contribution in [3.05, 3.63) is 41.5 Å². The predicted molar refractivity (Wildman–Crippen MR) is 65.0 cm³/mol. The second-order valence-corrected chi connectivity index (χ2v) is 3.51. The summed E-state index contributed by atoms with van der Waals surface area (Å²) < 4.78 is 4.94. The predicted octanol–water partition coefficient (Wildman–Crippen LogP) is 2.24. The van der Waals surface area contributed by atoms with Crippen LogP contribution < -0.4 is 5.32 Å². The highest BCUT2D eigenvalue weighted by Gasteiger charge is 1.86. The Morgan fingerprint density at radius 1 is 1.40 bits per heavy atom. The van der Waals surface area contributed by atoms with E-state index in [0.29, 0.717) is 0 Å². The van der Waals surface area contributed by atoms with Crippen molar-refractivity contribution >= 4 is 6.08 Å². The van der Waals surface area contributed by atoms with Gasteiger partial charge in [0, 0.05) is 20.2 Å². The molecule has 0 spiro atoms. The minimum absolute atomic E-state index is 0.762. The van der Waals surface area contributed by atoms with Crippen molar-refractivity contribution in [3.63, 3.8) is 0 Å². The van der Waals surface area contributed by atoms with Gasteiger partial charge in [0.2, 0.25) is 0 Å². The van der Waals surface area contributed by atoms with Crippen LogP contribution in [-0.4, -0.2) is 26.8 Å². The van der Waals surface area contributed by atoms with Crippen LogP contribution in [0.1, 0.15) is 11.1 Å². The Bertz CT molecular complexity index is 307. The third-order valence-corrected chi connectivity index (χ3v) is 2.10. The second-order valence-electron chi connectivity index (χ2n) is 3.51. The molecule has 1 aromatic rings. The van der Waals surface area contributed by atoms with Gasteiger partial charge in [-0.3, -0.25) is 0 Å². The van der Waals surface area contributed by atoms with Gasteiger partial charge in [0.05, 0.1) is 6.61 Å². The number of hydrogen-bond donors (Lipinski definition) is 1. The molecule has 1 N–H and O–H groups in total. The minimum Gasteiger partial charge on any atom is -0.383 e. The topological polar surface area (TPSA) is 21.3 Å². The van der Waals surface area contributed by atoms with Crippen LogP contribution in [0.2, 0.25) is 0 Å². The van der Waals surface area contributed by atoms with Crippen molar-refractivity contribution in [1.82, 2.24) is 5.32 Å². The largest absolute Gasteiger partial charge is 0.383 e. The van der Waals surface area contributed by atoms with E-state index in [9.17, 15) is 0 Å². The summed E-state index contributed by atoms with van der Waals surface area (Å²) in [5.74, 6) is 0. The standard InChI is InChI=1S/C13H19NO/c1-12-5-3-6-13(11-12)7-4-8-14-9-10-15-2/h3-7,11,14H,8-10H2,1-2H3. The van der Waals surface area contributed by atoms with E-state index in [4.69, 9.17) is 4.74 Å². The first-order valence-electron chi connectivity index (χ1n) is 5.26. The quantitative estimate of drug-likeness (QED) is 0.719. The fraction of sp³-hybridized carbons (Fsp3) is 0.385. The first kappa shape index (κ1) is 12.0. The molecule has 0 aromatic heterocycles. The first-order chi connectivity index (χ1) is 7.33. The molecule has 15 heavy (non-hydrogen) atoms. The number of benzene rings is 1. The molecule has 0 aliphatic carbocycles. The molecule has 0 unspecified atom stereocenters. The summed E-state index contributed by atoms with van der Waals surface area (Å²) in [4.78, 5) is 0. The maximum Gasteiger partial charge on any atom is 0.0587 e. The Balaban J connectivity index is 2.26. The number of methoxy groups -OCH3 is 1. The van der Waals surface area contributed by atoms with Crippen molar-refractivity contribution in [2.24, 2.45) is 0 Å². The van der Waals surface area contributed by atoms with Gasteiger partial charge in [0.15, 0.2) is 0 Å². The first-order valence-corrected chi connectivity index (χ1v) is 5.26. The van der Waals surface area contributed by atoms with Crippen molar-refractivity contribution in [2.75, 3.05) is 26.8 Å². The van der Waals surface area contributed by atoms with Crippen molar-refractivity contribution in [1.29, 1.82) is 0 Å². The fourth-order valence-electron chi connectivity index (χ4n) is 1.33. The molecule has 0 heterocycles. The highest BCUT2D eigenvalue weighted by molar-refractivity contribution is 5.50. The third-order valence-electron chi connectivity index (χ3n) is 2.10. The zero-order chi connectivity index (χ0) is 10.9. The average molecular weight is 205 g/mol. The average Bonchev–Trinajstić information content (AvgIpc) is 2.23. The lowest BCUT2D eigenvalue weighted by molar-refractivity contribution is 0.200. The SMILES string of the molecule is COCCNCC=Cc1cccc(C)c1. The Morgan fingerprint density at radius 2 is 2.27 bits per heavy atom. The van der Waals surface area contributed by atoms with E-state index in [1.54, 1.807) is 7.11 Å². The third kappa shape index (κ3) is 5.35. The van der Waals surface area contributed by atoms with E-state index >= 15 is 0 Å². The van der Waals surface area contributed by atoms with Gasteiger partial charge in [0.25, 0.3) is 0 Å². The molecule has 0 aliphatic rings. The normalized spacial score (nSPS) is 11.1. The van der Waals surface area contributed by atoms with Crippen molar-refractivity contribution < 1.29 is 4.74 Å². The van der Waals surface area contributed by atoms with Crippen LogP contribution in [-0.2, 0) is 4.74 Å². The monoisotopic (exact) mass is 205 g/mol. The zero-order valence-corrected chi connectivity index (χ0v) is 9.49. The molecule has 82 valence electrons. The number of aryl methyl sites for hydroxylation is 1. The van der Waals surface area contributed by atoms with Gasteiger partial charge in [0.1, 0.15) is 0 Å². The molecular formula is C13H19NO. The van der Waals surface area contributed by atoms with Gasteiger partial charge in [-0.1, -0.05) is 42.0 Å². The summed E-state index contributed by atoms with van der Waals surface area (Å²) in [5.41, 5.74) is 2.55. The molecule has 0 saturated heterocycles. The van der Waals surface area contributed by atoms with E-state index in [1.807, 2.05) is 0 Å². The van der Waals surface area contributed by atoms with E-state index in [0.717, 1.165) is 19.7 Å². The second kappa shape index (κ2) is 7.21. The van der Waals surface area contributed by atoms with E-state index in [2.05, 4.69) is 48.7 Å². The Labute approximate surface area is 92.0 Å². The summed E-state index contributed by atoms with van der Waals surface area (Å²) in [6.45, 7) is 4.65. The summed E-state index contributed by atoms with van der Waals surface area (Å²) >= 11 is 0. The van der Waals surface area contributed by atoms with Gasteiger partial charge in [-0.15, -0.1) is 0 Å². The van der Waals surface area contributed by atoms with Gasteiger partial charge in [-0.2, -0.15) is 0 Å². The zero-order valence-electron chi connectivity index (χ0n) is 9.49. The molecule has 0 aliphatic heterocycles. The smallest absolute Gasteiger partial charge is 0.0587 e. The lowest BCUT2D eigenvalue weighted by atomic mass is 10.1. The molecule has 0 bridgehead atoms. The molecule has 0 fully saturated rings. The maximum absolute atomic E-state index is 4.94. The minimum atomic E-state index is 0.762. The van der Waals surface area contributed by atoms with Gasteiger partial charge >= 0.3 is 0 Å². The van der Waals surface area contributed by atoms with Gasteiger partial charge in [-0.05, 0) is 12.5 Å². The summed E-state index contributed by atoms with van der Waals surface area (Å²) in [6, 6.07) is 8.46. The fourth-order valence-corrected chi connectivity index (χ4v) is 1.33. The highest BCUT2D eigenvalue weighted by atomic mass is 16.5. The summed E-state index contributed by atoms with van der Waals surface area (Å²) in [5, 5.41) is 3.26. The van der Waals surface area contributed by atoms with E-state index in [1.165, 1.54) is 11.1 Å². The van der Waals surface area contributed by atoms with Gasteiger partial charge < -0.3 is 10.1 Å². The molecule has 0 amide bonds.